The molecule has 0 aliphatic carbocycles. The van der Waals surface area contributed by atoms with Crippen LogP contribution in [0.4, 0.5) is 0 Å². The molecular weight excluding hydrogens is 232 g/mol. The van der Waals surface area contributed by atoms with Crippen LogP contribution in [0.1, 0.15) is 31.2 Å². The lowest BCUT2D eigenvalue weighted by Gasteiger charge is -2.14. The molecule has 0 amide bonds. The van der Waals surface area contributed by atoms with Crippen molar-refractivity contribution in [3.05, 3.63) is 36.0 Å². The molecule has 2 nitrogen and oxygen atoms in total. The van der Waals surface area contributed by atoms with Crippen LogP contribution in [0.15, 0.2) is 30.5 Å². The molecule has 0 unspecified atom stereocenters. The first kappa shape index (κ1) is 12.7. The average molecular weight is 256 g/mol. The van der Waals surface area contributed by atoms with Crippen LogP contribution in [0.5, 0.6) is 0 Å². The topological polar surface area (TPSA) is 8.17 Å². The maximum Gasteiger partial charge on any atom is 0.0483 e. The molecule has 0 spiro atoms. The highest BCUT2D eigenvalue weighted by molar-refractivity contribution is 5.83. The maximum absolute atomic E-state index is 2.61. The summed E-state index contributed by atoms with van der Waals surface area (Å²) >= 11 is 0. The zero-order chi connectivity index (χ0) is 13.1. The molecule has 3 rings (SSSR count). The van der Waals surface area contributed by atoms with Gasteiger partial charge in [-0.3, -0.25) is 0 Å². The van der Waals surface area contributed by atoms with Crippen molar-refractivity contribution >= 4 is 10.9 Å². The Kier molecular flexibility index (Phi) is 3.88. The minimum Gasteiger partial charge on any atom is -0.347 e. The van der Waals surface area contributed by atoms with Gasteiger partial charge in [-0.25, -0.2) is 0 Å². The molecule has 1 aromatic heterocycles. The number of unbranched alkanes of at least 4 members (excludes halogenated alkanes) is 1. The standard InChI is InChI=1S/C17H24N2/c1-15-14-19(17-9-3-2-8-16(15)17)13-7-6-12-18-10-4-5-11-18/h2-3,8-9,14H,4-7,10-13H2,1H3. The third-order valence-electron chi connectivity index (χ3n) is 4.31. The molecule has 1 aromatic carbocycles. The van der Waals surface area contributed by atoms with Crippen LogP contribution >= 0.6 is 0 Å². The molecule has 2 heteroatoms. The monoisotopic (exact) mass is 256 g/mol. The lowest BCUT2D eigenvalue weighted by molar-refractivity contribution is 0.327. The second kappa shape index (κ2) is 5.79. The van der Waals surface area contributed by atoms with Crippen molar-refractivity contribution in [1.29, 1.82) is 0 Å². The Hall–Kier alpha value is -1.28. The largest absolute Gasteiger partial charge is 0.347 e. The van der Waals surface area contributed by atoms with E-state index in [1.54, 1.807) is 0 Å². The maximum atomic E-state index is 2.61. The number of hydrogen-bond acceptors (Lipinski definition) is 1. The Labute approximate surface area is 116 Å². The van der Waals surface area contributed by atoms with E-state index in [0.717, 1.165) is 6.54 Å². The van der Waals surface area contributed by atoms with Gasteiger partial charge in [-0.1, -0.05) is 18.2 Å². The van der Waals surface area contributed by atoms with E-state index in [0.29, 0.717) is 0 Å². The second-order valence-corrected chi connectivity index (χ2v) is 5.78. The summed E-state index contributed by atoms with van der Waals surface area (Å²) in [5.74, 6) is 0. The quantitative estimate of drug-likeness (QED) is 0.738. The van der Waals surface area contributed by atoms with Gasteiger partial charge in [0.1, 0.15) is 0 Å². The number of nitrogens with zero attached hydrogens (tertiary/aromatic N) is 2. The van der Waals surface area contributed by atoms with Gasteiger partial charge in [0, 0.05) is 23.6 Å². The van der Waals surface area contributed by atoms with Crippen LogP contribution in [0.2, 0.25) is 0 Å². The fourth-order valence-corrected chi connectivity index (χ4v) is 3.24. The van der Waals surface area contributed by atoms with Gasteiger partial charge >= 0.3 is 0 Å². The summed E-state index contributed by atoms with van der Waals surface area (Å²) in [5, 5.41) is 1.40. The average Bonchev–Trinajstić information content (AvgIpc) is 3.04. The molecule has 0 N–H and O–H groups in total. The van der Waals surface area contributed by atoms with Crippen molar-refractivity contribution in [3.8, 4) is 0 Å². The highest BCUT2D eigenvalue weighted by atomic mass is 15.1. The fraction of sp³-hybridized carbons (Fsp3) is 0.529. The summed E-state index contributed by atoms with van der Waals surface area (Å²) in [6.45, 7) is 7.31. The predicted molar refractivity (Wildman–Crippen MR) is 81.6 cm³/mol. The number of fused-ring (bicyclic) bond motifs is 1. The SMILES string of the molecule is Cc1cn(CCCCN2CCCC2)c2ccccc12. The number of para-hydroxylation sites is 1. The second-order valence-electron chi connectivity index (χ2n) is 5.78. The molecular formula is C17H24N2. The molecule has 2 heterocycles. The Balaban J connectivity index is 1.56. The number of rotatable bonds is 5. The summed E-state index contributed by atoms with van der Waals surface area (Å²) in [6.07, 6.45) is 7.73. The van der Waals surface area contributed by atoms with E-state index in [4.69, 9.17) is 0 Å². The first-order valence-corrected chi connectivity index (χ1v) is 7.61. The molecule has 2 aromatic rings. The van der Waals surface area contributed by atoms with Gasteiger partial charge in [0.15, 0.2) is 0 Å². The van der Waals surface area contributed by atoms with Crippen LogP contribution in [0.3, 0.4) is 0 Å². The number of benzene rings is 1. The molecule has 0 bridgehead atoms. The van der Waals surface area contributed by atoms with Gasteiger partial charge in [0.25, 0.3) is 0 Å². The number of aromatic nitrogens is 1. The van der Waals surface area contributed by atoms with Gasteiger partial charge in [0.05, 0.1) is 0 Å². The Bertz CT molecular complexity index is 535. The molecule has 0 atom stereocenters. The van der Waals surface area contributed by atoms with Crippen LogP contribution in [-0.2, 0) is 6.54 Å². The smallest absolute Gasteiger partial charge is 0.0483 e. The zero-order valence-electron chi connectivity index (χ0n) is 11.9. The summed E-state index contributed by atoms with van der Waals surface area (Å²) < 4.78 is 2.43. The summed E-state index contributed by atoms with van der Waals surface area (Å²) in [5.41, 5.74) is 2.79. The summed E-state index contributed by atoms with van der Waals surface area (Å²) in [6, 6.07) is 8.74. The fourth-order valence-electron chi connectivity index (χ4n) is 3.24. The molecule has 102 valence electrons. The van der Waals surface area contributed by atoms with Crippen LogP contribution in [0, 0.1) is 6.92 Å². The van der Waals surface area contributed by atoms with E-state index in [-0.39, 0.29) is 0 Å². The van der Waals surface area contributed by atoms with Gasteiger partial charge in [-0.05, 0) is 63.9 Å². The third kappa shape index (κ3) is 2.84. The molecule has 19 heavy (non-hydrogen) atoms. The molecule has 0 saturated carbocycles. The van der Waals surface area contributed by atoms with Crippen molar-refractivity contribution in [1.82, 2.24) is 9.47 Å². The normalized spacial score (nSPS) is 16.5. The molecule has 1 saturated heterocycles. The summed E-state index contributed by atoms with van der Waals surface area (Å²) in [4.78, 5) is 2.61. The van der Waals surface area contributed by atoms with Gasteiger partial charge in [-0.2, -0.15) is 0 Å². The number of aryl methyl sites for hydroxylation is 2. The Morgan fingerprint density at radius 1 is 1.00 bits per heavy atom. The number of likely N-dealkylation sites (tertiary alicyclic amines) is 1. The highest BCUT2D eigenvalue weighted by Crippen LogP contribution is 2.20. The third-order valence-corrected chi connectivity index (χ3v) is 4.31. The van der Waals surface area contributed by atoms with Crippen molar-refractivity contribution in [3.63, 3.8) is 0 Å². The van der Waals surface area contributed by atoms with E-state index in [1.807, 2.05) is 0 Å². The highest BCUT2D eigenvalue weighted by Gasteiger charge is 2.10. The first-order valence-electron chi connectivity index (χ1n) is 7.61. The molecule has 0 radical (unpaired) electrons. The van der Waals surface area contributed by atoms with E-state index < -0.39 is 0 Å². The Morgan fingerprint density at radius 2 is 1.74 bits per heavy atom. The molecule has 1 aliphatic heterocycles. The van der Waals surface area contributed by atoms with Crippen molar-refractivity contribution in [2.24, 2.45) is 0 Å². The number of hydrogen-bond donors (Lipinski definition) is 0. The van der Waals surface area contributed by atoms with Crippen molar-refractivity contribution in [2.45, 2.75) is 39.2 Å². The zero-order valence-corrected chi connectivity index (χ0v) is 11.9. The molecule has 1 fully saturated rings. The van der Waals surface area contributed by atoms with Crippen LogP contribution < -0.4 is 0 Å². The van der Waals surface area contributed by atoms with Crippen LogP contribution in [-0.4, -0.2) is 29.1 Å². The molecule has 1 aliphatic rings. The van der Waals surface area contributed by atoms with Crippen LogP contribution in [0.25, 0.3) is 10.9 Å². The van der Waals surface area contributed by atoms with E-state index in [9.17, 15) is 0 Å². The Morgan fingerprint density at radius 3 is 2.58 bits per heavy atom. The van der Waals surface area contributed by atoms with Gasteiger partial charge in [0.2, 0.25) is 0 Å². The lowest BCUT2D eigenvalue weighted by atomic mass is 10.2. The minimum absolute atomic E-state index is 1.15. The first-order chi connectivity index (χ1) is 9.34. The predicted octanol–water partition coefficient (Wildman–Crippen LogP) is 3.83. The van der Waals surface area contributed by atoms with Crippen molar-refractivity contribution in [2.75, 3.05) is 19.6 Å². The lowest BCUT2D eigenvalue weighted by Crippen LogP contribution is -2.20. The van der Waals surface area contributed by atoms with E-state index in [1.165, 1.54) is 61.8 Å². The van der Waals surface area contributed by atoms with E-state index in [2.05, 4.69) is 46.9 Å². The van der Waals surface area contributed by atoms with Gasteiger partial charge in [-0.15, -0.1) is 0 Å². The van der Waals surface area contributed by atoms with Gasteiger partial charge < -0.3 is 9.47 Å². The van der Waals surface area contributed by atoms with E-state index >= 15 is 0 Å². The summed E-state index contributed by atoms with van der Waals surface area (Å²) in [7, 11) is 0. The van der Waals surface area contributed by atoms with Crippen molar-refractivity contribution < 1.29 is 0 Å². The minimum atomic E-state index is 1.15.